The van der Waals surface area contributed by atoms with Gasteiger partial charge in [-0.15, -0.1) is 0 Å². The van der Waals surface area contributed by atoms with Crippen molar-refractivity contribution >= 4 is 39.5 Å². The van der Waals surface area contributed by atoms with Crippen molar-refractivity contribution in [2.75, 3.05) is 39.6 Å². The number of aliphatic hydroxyl groups is 1. The molecular weight excluding hydrogens is 1370 g/mol. The Kier molecular flexibility index (Phi) is 76.0. The Morgan fingerprint density at radius 3 is 0.648 bits per heavy atom. The minimum Gasteiger partial charge on any atom is -0.462 e. The van der Waals surface area contributed by atoms with Crippen molar-refractivity contribution < 1.29 is 80.2 Å². The average molecular weight is 1540 g/mol. The van der Waals surface area contributed by atoms with Gasteiger partial charge >= 0.3 is 39.5 Å². The molecule has 0 aromatic rings. The standard InChI is InChI=1S/C86H168O17P2/c1-7-9-11-13-15-17-19-20-21-22-23-24-25-26-27-28-33-40-46-52-58-64-70-85(90)102-82(75-97-84(89)69-63-57-51-45-39-32-30-29-31-37-42-48-54-60-66-78(3)4)77-101-105(94,95)99-73-80(87)72-98-104(92,93)100-76-81(74-96-83(88)68-62-56-50-44-36-18-16-14-12-10-8-2)103-86(91)71-65-59-53-47-41-35-34-38-43-49-55-61-67-79(5)6/h78-82,87H,7-77H2,1-6H3,(H,92,93)(H,94,95)/t80-,81+,82+/m0/s1. The van der Waals surface area contributed by atoms with Crippen LogP contribution in [0.5, 0.6) is 0 Å². The second-order valence-electron chi connectivity index (χ2n) is 31.9. The maximum absolute atomic E-state index is 13.1. The van der Waals surface area contributed by atoms with Crippen molar-refractivity contribution in [3.8, 4) is 0 Å². The van der Waals surface area contributed by atoms with Crippen LogP contribution in [0.25, 0.3) is 0 Å². The van der Waals surface area contributed by atoms with E-state index in [2.05, 4.69) is 41.5 Å². The van der Waals surface area contributed by atoms with Crippen LogP contribution in [0, 0.1) is 11.8 Å². The normalized spacial score (nSPS) is 13.8. The maximum atomic E-state index is 13.1. The van der Waals surface area contributed by atoms with Crippen LogP contribution in [-0.4, -0.2) is 96.7 Å². The first-order chi connectivity index (χ1) is 50.9. The summed E-state index contributed by atoms with van der Waals surface area (Å²) in [5.41, 5.74) is 0. The summed E-state index contributed by atoms with van der Waals surface area (Å²) < 4.78 is 68.9. The second kappa shape index (κ2) is 77.4. The van der Waals surface area contributed by atoms with Crippen molar-refractivity contribution in [3.63, 3.8) is 0 Å². The number of esters is 4. The molecule has 0 saturated carbocycles. The van der Waals surface area contributed by atoms with Gasteiger partial charge in [0.2, 0.25) is 0 Å². The Morgan fingerprint density at radius 2 is 0.438 bits per heavy atom. The first-order valence-corrected chi connectivity index (χ1v) is 47.5. The fourth-order valence-electron chi connectivity index (χ4n) is 13.4. The van der Waals surface area contributed by atoms with E-state index in [4.69, 9.17) is 37.0 Å². The van der Waals surface area contributed by atoms with Gasteiger partial charge in [0.1, 0.15) is 19.3 Å². The second-order valence-corrected chi connectivity index (χ2v) is 34.8. The molecule has 0 bridgehead atoms. The molecule has 0 amide bonds. The van der Waals surface area contributed by atoms with E-state index in [-0.39, 0.29) is 25.7 Å². The minimum atomic E-state index is -4.97. The molecule has 0 saturated heterocycles. The highest BCUT2D eigenvalue weighted by Crippen LogP contribution is 2.45. The van der Waals surface area contributed by atoms with E-state index in [1.54, 1.807) is 0 Å². The number of carbonyl (C=O) groups excluding carboxylic acids is 4. The van der Waals surface area contributed by atoms with Gasteiger partial charge < -0.3 is 33.8 Å². The van der Waals surface area contributed by atoms with Gasteiger partial charge in [-0.1, -0.05) is 408 Å². The number of unbranched alkanes of at least 4 members (excludes halogenated alkanes) is 55. The van der Waals surface area contributed by atoms with Crippen LogP contribution in [0.4, 0.5) is 0 Å². The van der Waals surface area contributed by atoms with Gasteiger partial charge in [-0.3, -0.25) is 37.3 Å². The maximum Gasteiger partial charge on any atom is 0.472 e. The van der Waals surface area contributed by atoms with Gasteiger partial charge in [0.25, 0.3) is 0 Å². The molecule has 0 aliphatic carbocycles. The predicted octanol–water partition coefficient (Wildman–Crippen LogP) is 26.2. The summed E-state index contributed by atoms with van der Waals surface area (Å²) in [5.74, 6) is -0.526. The van der Waals surface area contributed by atoms with Crippen molar-refractivity contribution in [2.45, 2.75) is 477 Å². The monoisotopic (exact) mass is 1540 g/mol. The summed E-state index contributed by atoms with van der Waals surface area (Å²) in [5, 5.41) is 10.7. The van der Waals surface area contributed by atoms with Gasteiger partial charge in [-0.25, -0.2) is 9.13 Å². The number of hydrogen-bond acceptors (Lipinski definition) is 15. The smallest absolute Gasteiger partial charge is 0.462 e. The molecule has 0 rings (SSSR count). The number of carbonyl (C=O) groups is 4. The summed E-state index contributed by atoms with van der Waals surface area (Å²) in [7, 11) is -9.93. The molecular formula is C86H168O17P2. The van der Waals surface area contributed by atoms with Crippen LogP contribution in [0.15, 0.2) is 0 Å². The molecule has 3 N–H and O–H groups in total. The van der Waals surface area contributed by atoms with Crippen molar-refractivity contribution in [1.82, 2.24) is 0 Å². The molecule has 17 nitrogen and oxygen atoms in total. The number of rotatable bonds is 85. The van der Waals surface area contributed by atoms with E-state index < -0.39 is 97.5 Å². The first kappa shape index (κ1) is 103. The number of phosphoric ester groups is 2. The summed E-state index contributed by atoms with van der Waals surface area (Å²) in [6, 6.07) is 0. The predicted molar refractivity (Wildman–Crippen MR) is 432 cm³/mol. The highest BCUT2D eigenvalue weighted by atomic mass is 31.2. The van der Waals surface area contributed by atoms with Crippen LogP contribution in [0.3, 0.4) is 0 Å². The molecule has 0 fully saturated rings. The third kappa shape index (κ3) is 79.9. The molecule has 19 heteroatoms. The lowest BCUT2D eigenvalue weighted by molar-refractivity contribution is -0.161. The number of hydrogen-bond donors (Lipinski definition) is 3. The Bertz CT molecular complexity index is 2010. The Labute approximate surface area is 645 Å². The number of aliphatic hydroxyl groups excluding tert-OH is 1. The highest BCUT2D eigenvalue weighted by molar-refractivity contribution is 7.47. The third-order valence-electron chi connectivity index (χ3n) is 20.2. The highest BCUT2D eigenvalue weighted by Gasteiger charge is 2.30. The topological polar surface area (TPSA) is 237 Å². The third-order valence-corrected chi connectivity index (χ3v) is 22.1. The molecule has 0 heterocycles. The molecule has 0 aromatic heterocycles. The number of phosphoric acid groups is 2. The quantitative estimate of drug-likeness (QED) is 0.0222. The number of ether oxygens (including phenoxy) is 4. The molecule has 0 radical (unpaired) electrons. The lowest BCUT2D eigenvalue weighted by Crippen LogP contribution is -2.30. The largest absolute Gasteiger partial charge is 0.472 e. The molecule has 2 unspecified atom stereocenters. The van der Waals surface area contributed by atoms with Gasteiger partial charge in [-0.2, -0.15) is 0 Å². The average Bonchev–Trinajstić information content (AvgIpc) is 0.947. The Balaban J connectivity index is 5.23. The lowest BCUT2D eigenvalue weighted by atomic mass is 10.0. The van der Waals surface area contributed by atoms with E-state index >= 15 is 0 Å². The van der Waals surface area contributed by atoms with Gasteiger partial charge in [0.15, 0.2) is 12.2 Å². The molecule has 0 spiro atoms. The minimum absolute atomic E-state index is 0.107. The molecule has 0 aromatic carbocycles. The molecule has 5 atom stereocenters. The molecule has 0 aliphatic rings. The van der Waals surface area contributed by atoms with Crippen LogP contribution in [0.1, 0.15) is 459 Å². The van der Waals surface area contributed by atoms with E-state index in [0.717, 1.165) is 102 Å². The zero-order valence-corrected chi connectivity index (χ0v) is 70.8. The summed E-state index contributed by atoms with van der Waals surface area (Å²) in [6.07, 6.45) is 69.4. The van der Waals surface area contributed by atoms with Crippen molar-refractivity contribution in [1.29, 1.82) is 0 Å². The van der Waals surface area contributed by atoms with Crippen LogP contribution < -0.4 is 0 Å². The van der Waals surface area contributed by atoms with Gasteiger partial charge in [0, 0.05) is 25.7 Å². The lowest BCUT2D eigenvalue weighted by Gasteiger charge is -2.21. The summed E-state index contributed by atoms with van der Waals surface area (Å²) >= 11 is 0. The fraction of sp³-hybridized carbons (Fsp3) is 0.953. The summed E-state index contributed by atoms with van der Waals surface area (Å²) in [4.78, 5) is 73.2. The van der Waals surface area contributed by atoms with Crippen LogP contribution in [-0.2, 0) is 65.4 Å². The van der Waals surface area contributed by atoms with Crippen molar-refractivity contribution in [3.05, 3.63) is 0 Å². The van der Waals surface area contributed by atoms with E-state index in [0.29, 0.717) is 25.7 Å². The SMILES string of the molecule is CCCCCCCCCCCCCCCCCCCCCCCCC(=O)O[C@H](COC(=O)CCCCCCCCCCCCCCCCC(C)C)COP(=O)(O)OC[C@@H](O)COP(=O)(O)OC[C@@H](COC(=O)CCCCCCCCCCCCC)OC(=O)CCCCCCCCCCCCCCC(C)C. The zero-order valence-electron chi connectivity index (χ0n) is 69.0. The zero-order chi connectivity index (χ0) is 77.1. The molecule has 624 valence electrons. The van der Waals surface area contributed by atoms with Gasteiger partial charge in [-0.05, 0) is 37.5 Å². The summed E-state index contributed by atoms with van der Waals surface area (Å²) in [6.45, 7) is 9.70. The molecule has 105 heavy (non-hydrogen) atoms. The van der Waals surface area contributed by atoms with Gasteiger partial charge in [0.05, 0.1) is 26.4 Å². The van der Waals surface area contributed by atoms with Crippen LogP contribution in [0.2, 0.25) is 0 Å². The van der Waals surface area contributed by atoms with E-state index in [1.165, 1.54) is 276 Å². The van der Waals surface area contributed by atoms with Crippen molar-refractivity contribution in [2.24, 2.45) is 11.8 Å². The fourth-order valence-corrected chi connectivity index (χ4v) is 15.0. The van der Waals surface area contributed by atoms with E-state index in [1.807, 2.05) is 0 Å². The van der Waals surface area contributed by atoms with E-state index in [9.17, 15) is 43.2 Å². The molecule has 0 aliphatic heterocycles. The Morgan fingerprint density at radius 1 is 0.257 bits per heavy atom. The van der Waals surface area contributed by atoms with Crippen LogP contribution >= 0.6 is 15.6 Å². The first-order valence-electron chi connectivity index (χ1n) is 44.5. The Hall–Kier alpha value is -1.94.